The van der Waals surface area contributed by atoms with Crippen molar-refractivity contribution >= 4 is 0 Å². The molecule has 3 fully saturated rings. The summed E-state index contributed by atoms with van der Waals surface area (Å²) in [6.45, 7) is 5.75. The minimum absolute atomic E-state index is 0.308. The van der Waals surface area contributed by atoms with Gasteiger partial charge in [0.1, 0.15) is 0 Å². The molecule has 2 N–H and O–H groups in total. The average Bonchev–Trinajstić information content (AvgIpc) is 2.87. The van der Waals surface area contributed by atoms with E-state index in [1.807, 2.05) is 0 Å². The molecular formula is C16H31N3. The Morgan fingerprint density at radius 1 is 1.16 bits per heavy atom. The van der Waals surface area contributed by atoms with Crippen molar-refractivity contribution in [2.45, 2.75) is 69.5 Å². The molecule has 110 valence electrons. The molecule has 0 bridgehead atoms. The third-order valence-electron chi connectivity index (χ3n) is 6.36. The molecule has 1 saturated carbocycles. The Morgan fingerprint density at radius 2 is 1.95 bits per heavy atom. The van der Waals surface area contributed by atoms with Crippen LogP contribution in [0.25, 0.3) is 0 Å². The summed E-state index contributed by atoms with van der Waals surface area (Å²) in [4.78, 5) is 5.36. The van der Waals surface area contributed by atoms with E-state index in [1.54, 1.807) is 0 Å². The van der Waals surface area contributed by atoms with E-state index in [0.29, 0.717) is 11.6 Å². The fraction of sp³-hybridized carbons (Fsp3) is 1.00. The second-order valence-corrected chi connectivity index (χ2v) is 7.31. The summed E-state index contributed by atoms with van der Waals surface area (Å²) in [5.74, 6) is 0.979. The van der Waals surface area contributed by atoms with Crippen LogP contribution in [-0.2, 0) is 0 Å². The van der Waals surface area contributed by atoms with Crippen molar-refractivity contribution in [1.29, 1.82) is 0 Å². The van der Waals surface area contributed by atoms with E-state index in [4.69, 9.17) is 5.73 Å². The molecular weight excluding hydrogens is 234 g/mol. The fourth-order valence-electron chi connectivity index (χ4n) is 4.97. The largest absolute Gasteiger partial charge is 0.329 e. The molecule has 4 unspecified atom stereocenters. The second-order valence-electron chi connectivity index (χ2n) is 7.31. The Balaban J connectivity index is 1.78. The van der Waals surface area contributed by atoms with Gasteiger partial charge in [0.25, 0.3) is 0 Å². The van der Waals surface area contributed by atoms with Crippen molar-refractivity contribution in [1.82, 2.24) is 9.80 Å². The topological polar surface area (TPSA) is 32.5 Å². The van der Waals surface area contributed by atoms with Gasteiger partial charge < -0.3 is 10.6 Å². The molecule has 2 aliphatic heterocycles. The highest BCUT2D eigenvalue weighted by Crippen LogP contribution is 2.43. The van der Waals surface area contributed by atoms with Gasteiger partial charge in [-0.05, 0) is 65.1 Å². The maximum Gasteiger partial charge on any atom is 0.0361 e. The number of piperidine rings is 1. The lowest BCUT2D eigenvalue weighted by molar-refractivity contribution is -0.00984. The second kappa shape index (κ2) is 5.34. The third-order valence-corrected chi connectivity index (χ3v) is 6.36. The Bertz CT molecular complexity index is 319. The Morgan fingerprint density at radius 3 is 2.68 bits per heavy atom. The summed E-state index contributed by atoms with van der Waals surface area (Å²) in [6, 6.07) is 1.54. The molecule has 3 nitrogen and oxygen atoms in total. The van der Waals surface area contributed by atoms with Gasteiger partial charge in [0.15, 0.2) is 0 Å². The van der Waals surface area contributed by atoms with Gasteiger partial charge in [0.05, 0.1) is 0 Å². The molecule has 0 radical (unpaired) electrons. The lowest BCUT2D eigenvalue weighted by Gasteiger charge is -2.52. The zero-order valence-corrected chi connectivity index (χ0v) is 12.8. The van der Waals surface area contributed by atoms with Gasteiger partial charge in [0.2, 0.25) is 0 Å². The molecule has 3 aliphatic rings. The van der Waals surface area contributed by atoms with Crippen LogP contribution in [-0.4, -0.2) is 54.1 Å². The Kier molecular flexibility index (Phi) is 3.89. The number of hydrogen-bond acceptors (Lipinski definition) is 3. The van der Waals surface area contributed by atoms with Crippen molar-refractivity contribution in [3.8, 4) is 0 Å². The summed E-state index contributed by atoms with van der Waals surface area (Å²) in [6.07, 6.45) is 9.76. The summed E-state index contributed by atoms with van der Waals surface area (Å²) in [7, 11) is 2.26. The number of fused-ring (bicyclic) bond motifs is 1. The first kappa shape index (κ1) is 13.8. The minimum Gasteiger partial charge on any atom is -0.329 e. The zero-order chi connectivity index (χ0) is 13.5. The van der Waals surface area contributed by atoms with Gasteiger partial charge in [-0.1, -0.05) is 12.8 Å². The molecule has 2 heterocycles. The molecule has 2 saturated heterocycles. The van der Waals surface area contributed by atoms with Crippen molar-refractivity contribution in [3.05, 3.63) is 0 Å². The van der Waals surface area contributed by atoms with Gasteiger partial charge in [0, 0.05) is 24.2 Å². The first-order chi connectivity index (χ1) is 9.16. The van der Waals surface area contributed by atoms with Crippen LogP contribution < -0.4 is 5.73 Å². The monoisotopic (exact) mass is 265 g/mol. The molecule has 1 aliphatic carbocycles. The number of hydrogen-bond donors (Lipinski definition) is 1. The third kappa shape index (κ3) is 2.34. The van der Waals surface area contributed by atoms with Crippen molar-refractivity contribution in [2.24, 2.45) is 11.7 Å². The lowest BCUT2D eigenvalue weighted by atomic mass is 9.79. The van der Waals surface area contributed by atoms with E-state index < -0.39 is 0 Å². The standard InChI is InChI=1S/C16H31N3/c1-13-11-16(12-17,8-10-18(13)2)19-9-7-14-5-3-4-6-15(14)19/h13-15H,3-12,17H2,1-2H3. The molecule has 3 heteroatoms. The highest BCUT2D eigenvalue weighted by molar-refractivity contribution is 5.04. The number of nitrogens with zero attached hydrogens (tertiary/aromatic N) is 2. The van der Waals surface area contributed by atoms with E-state index in [-0.39, 0.29) is 0 Å². The predicted molar refractivity (Wildman–Crippen MR) is 80.2 cm³/mol. The van der Waals surface area contributed by atoms with Gasteiger partial charge in [-0.2, -0.15) is 0 Å². The Labute approximate surface area is 118 Å². The summed E-state index contributed by atoms with van der Waals surface area (Å²) < 4.78 is 0. The number of nitrogens with two attached hydrogens (primary N) is 1. The molecule has 4 atom stereocenters. The zero-order valence-electron chi connectivity index (χ0n) is 12.8. The maximum absolute atomic E-state index is 6.29. The van der Waals surface area contributed by atoms with E-state index >= 15 is 0 Å². The van der Waals surface area contributed by atoms with Crippen LogP contribution in [0.2, 0.25) is 0 Å². The number of rotatable bonds is 2. The SMILES string of the molecule is CC1CC(CN)(N2CCC3CCCCC32)CCN1C. The molecule has 19 heavy (non-hydrogen) atoms. The van der Waals surface area contributed by atoms with Crippen LogP contribution >= 0.6 is 0 Å². The van der Waals surface area contributed by atoms with E-state index in [0.717, 1.165) is 18.5 Å². The van der Waals surface area contributed by atoms with Crippen LogP contribution in [0.5, 0.6) is 0 Å². The summed E-state index contributed by atoms with van der Waals surface area (Å²) in [5.41, 5.74) is 6.60. The molecule has 0 amide bonds. The minimum atomic E-state index is 0.308. The van der Waals surface area contributed by atoms with E-state index in [9.17, 15) is 0 Å². The predicted octanol–water partition coefficient (Wildman–Crippen LogP) is 2.06. The molecule has 0 aromatic rings. The van der Waals surface area contributed by atoms with Gasteiger partial charge in [-0.15, -0.1) is 0 Å². The van der Waals surface area contributed by atoms with Crippen LogP contribution in [0.3, 0.4) is 0 Å². The van der Waals surface area contributed by atoms with Gasteiger partial charge >= 0.3 is 0 Å². The molecule has 3 rings (SSSR count). The molecule has 0 aromatic heterocycles. The fourth-order valence-corrected chi connectivity index (χ4v) is 4.97. The van der Waals surface area contributed by atoms with Crippen molar-refractivity contribution in [2.75, 3.05) is 26.7 Å². The van der Waals surface area contributed by atoms with E-state index in [2.05, 4.69) is 23.8 Å². The normalized spacial score (nSPS) is 45.3. The van der Waals surface area contributed by atoms with Crippen LogP contribution in [0.1, 0.15) is 51.9 Å². The van der Waals surface area contributed by atoms with Crippen LogP contribution in [0.4, 0.5) is 0 Å². The summed E-state index contributed by atoms with van der Waals surface area (Å²) in [5, 5.41) is 0. The highest BCUT2D eigenvalue weighted by atomic mass is 15.3. The lowest BCUT2D eigenvalue weighted by Crippen LogP contribution is -2.62. The molecule has 0 aromatic carbocycles. The van der Waals surface area contributed by atoms with Gasteiger partial charge in [-0.25, -0.2) is 0 Å². The van der Waals surface area contributed by atoms with Crippen molar-refractivity contribution < 1.29 is 0 Å². The van der Waals surface area contributed by atoms with E-state index in [1.165, 1.54) is 58.0 Å². The highest BCUT2D eigenvalue weighted by Gasteiger charge is 2.48. The summed E-state index contributed by atoms with van der Waals surface area (Å²) >= 11 is 0. The van der Waals surface area contributed by atoms with Crippen LogP contribution in [0.15, 0.2) is 0 Å². The van der Waals surface area contributed by atoms with Crippen LogP contribution in [0, 0.1) is 5.92 Å². The average molecular weight is 265 g/mol. The quantitative estimate of drug-likeness (QED) is 0.829. The Hall–Kier alpha value is -0.120. The van der Waals surface area contributed by atoms with Crippen molar-refractivity contribution in [3.63, 3.8) is 0 Å². The first-order valence-corrected chi connectivity index (χ1v) is 8.33. The maximum atomic E-state index is 6.29. The number of likely N-dealkylation sites (tertiary alicyclic amines) is 2. The first-order valence-electron chi connectivity index (χ1n) is 8.33. The smallest absolute Gasteiger partial charge is 0.0361 e. The molecule has 0 spiro atoms. The van der Waals surface area contributed by atoms with Gasteiger partial charge in [-0.3, -0.25) is 4.90 Å².